The summed E-state index contributed by atoms with van der Waals surface area (Å²) in [5, 5.41) is 9.69. The molecular formula is C12H13NO3. The van der Waals surface area contributed by atoms with Gasteiger partial charge in [0.1, 0.15) is 11.4 Å². The van der Waals surface area contributed by atoms with E-state index in [1.807, 2.05) is 25.1 Å². The Kier molecular flexibility index (Phi) is 2.81. The van der Waals surface area contributed by atoms with Crippen molar-refractivity contribution < 1.29 is 14.6 Å². The molecule has 0 aliphatic rings. The minimum atomic E-state index is -0.952. The second-order valence-corrected chi connectivity index (χ2v) is 3.59. The number of H-pyrrole nitrogens is 1. The Morgan fingerprint density at radius 3 is 2.94 bits per heavy atom. The molecule has 0 aliphatic carbocycles. The average Bonchev–Trinajstić information content (AvgIpc) is 2.69. The molecule has 0 aliphatic heterocycles. The Bertz CT molecular complexity index is 516. The number of ether oxygens (including phenoxy) is 1. The maximum atomic E-state index is 10.8. The van der Waals surface area contributed by atoms with Crippen LogP contribution in [0.5, 0.6) is 5.75 Å². The molecule has 0 amide bonds. The Hall–Kier alpha value is -1.97. The predicted molar refractivity (Wildman–Crippen MR) is 61.0 cm³/mol. The monoisotopic (exact) mass is 219 g/mol. The molecule has 0 unspecified atom stereocenters. The molecule has 84 valence electrons. The molecule has 1 aromatic carbocycles. The highest BCUT2D eigenvalue weighted by molar-refractivity contribution is 5.94. The molecule has 2 aromatic rings. The van der Waals surface area contributed by atoms with Gasteiger partial charge in [-0.25, -0.2) is 4.79 Å². The zero-order chi connectivity index (χ0) is 11.5. The topological polar surface area (TPSA) is 62.3 Å². The summed E-state index contributed by atoms with van der Waals surface area (Å²) in [5.74, 6) is -0.183. The van der Waals surface area contributed by atoms with Gasteiger partial charge in [0.05, 0.1) is 6.61 Å². The van der Waals surface area contributed by atoms with Crippen LogP contribution in [0.3, 0.4) is 0 Å². The summed E-state index contributed by atoms with van der Waals surface area (Å²) in [6.07, 6.45) is 0.950. The number of fused-ring (bicyclic) bond motifs is 1. The zero-order valence-corrected chi connectivity index (χ0v) is 8.99. The molecule has 0 radical (unpaired) electrons. The number of hydrogen-bond acceptors (Lipinski definition) is 2. The Labute approximate surface area is 92.9 Å². The predicted octanol–water partition coefficient (Wildman–Crippen LogP) is 2.65. The maximum Gasteiger partial charge on any atom is 0.352 e. The van der Waals surface area contributed by atoms with E-state index in [2.05, 4.69) is 4.98 Å². The van der Waals surface area contributed by atoms with Crippen molar-refractivity contribution in [1.82, 2.24) is 4.98 Å². The second-order valence-electron chi connectivity index (χ2n) is 3.59. The van der Waals surface area contributed by atoms with Crippen LogP contribution in [0.2, 0.25) is 0 Å². The van der Waals surface area contributed by atoms with E-state index >= 15 is 0 Å². The van der Waals surface area contributed by atoms with Gasteiger partial charge in [0.25, 0.3) is 0 Å². The number of hydrogen-bond donors (Lipinski definition) is 2. The number of nitrogens with one attached hydrogen (secondary N) is 1. The van der Waals surface area contributed by atoms with Crippen molar-refractivity contribution in [1.29, 1.82) is 0 Å². The summed E-state index contributed by atoms with van der Waals surface area (Å²) in [5.41, 5.74) is 1.00. The van der Waals surface area contributed by atoms with Crippen LogP contribution >= 0.6 is 0 Å². The number of benzene rings is 1. The van der Waals surface area contributed by atoms with Gasteiger partial charge >= 0.3 is 5.97 Å². The van der Waals surface area contributed by atoms with Crippen LogP contribution in [-0.2, 0) is 0 Å². The number of carbonyl (C=O) groups is 1. The first-order valence-electron chi connectivity index (χ1n) is 5.19. The van der Waals surface area contributed by atoms with Gasteiger partial charge in [-0.05, 0) is 30.7 Å². The third-order valence-electron chi connectivity index (χ3n) is 2.30. The lowest BCUT2D eigenvalue weighted by Gasteiger charge is -2.03. The number of aromatic carboxylic acids is 1. The van der Waals surface area contributed by atoms with E-state index in [4.69, 9.17) is 9.84 Å². The lowest BCUT2D eigenvalue weighted by Crippen LogP contribution is -1.94. The molecular weight excluding hydrogens is 206 g/mol. The van der Waals surface area contributed by atoms with Gasteiger partial charge < -0.3 is 14.8 Å². The molecule has 2 N–H and O–H groups in total. The number of carboxylic acid groups (broad SMARTS) is 1. The van der Waals surface area contributed by atoms with Gasteiger partial charge in [-0.15, -0.1) is 0 Å². The molecule has 0 spiro atoms. The van der Waals surface area contributed by atoms with E-state index in [-0.39, 0.29) is 5.69 Å². The van der Waals surface area contributed by atoms with Gasteiger partial charge in [-0.1, -0.05) is 6.92 Å². The fourth-order valence-corrected chi connectivity index (χ4v) is 1.54. The van der Waals surface area contributed by atoms with E-state index in [0.29, 0.717) is 6.61 Å². The molecule has 0 bridgehead atoms. The van der Waals surface area contributed by atoms with Crippen molar-refractivity contribution >= 4 is 16.9 Å². The van der Waals surface area contributed by atoms with E-state index in [0.717, 1.165) is 23.1 Å². The van der Waals surface area contributed by atoms with Crippen molar-refractivity contribution in [2.45, 2.75) is 13.3 Å². The van der Waals surface area contributed by atoms with Gasteiger partial charge in [-0.2, -0.15) is 0 Å². The number of rotatable bonds is 4. The zero-order valence-electron chi connectivity index (χ0n) is 8.99. The largest absolute Gasteiger partial charge is 0.494 e. The minimum Gasteiger partial charge on any atom is -0.494 e. The van der Waals surface area contributed by atoms with Crippen LogP contribution < -0.4 is 4.74 Å². The van der Waals surface area contributed by atoms with Crippen molar-refractivity contribution in [3.8, 4) is 5.75 Å². The van der Waals surface area contributed by atoms with Crippen LogP contribution in [0, 0.1) is 0 Å². The van der Waals surface area contributed by atoms with E-state index in [1.54, 1.807) is 6.07 Å². The summed E-state index contributed by atoms with van der Waals surface area (Å²) in [4.78, 5) is 13.6. The molecule has 16 heavy (non-hydrogen) atoms. The lowest BCUT2D eigenvalue weighted by molar-refractivity contribution is 0.0691. The number of carboxylic acids is 1. The molecule has 1 heterocycles. The lowest BCUT2D eigenvalue weighted by atomic mass is 10.2. The smallest absolute Gasteiger partial charge is 0.352 e. The van der Waals surface area contributed by atoms with Crippen molar-refractivity contribution in [3.05, 3.63) is 30.0 Å². The van der Waals surface area contributed by atoms with Gasteiger partial charge in [-0.3, -0.25) is 0 Å². The van der Waals surface area contributed by atoms with E-state index in [1.165, 1.54) is 0 Å². The van der Waals surface area contributed by atoms with Crippen molar-refractivity contribution in [2.75, 3.05) is 6.61 Å². The van der Waals surface area contributed by atoms with Crippen LogP contribution in [0.15, 0.2) is 24.3 Å². The number of aromatic amines is 1. The van der Waals surface area contributed by atoms with Gasteiger partial charge in [0, 0.05) is 10.9 Å². The first kappa shape index (κ1) is 10.5. The Morgan fingerprint density at radius 2 is 2.25 bits per heavy atom. The van der Waals surface area contributed by atoms with Gasteiger partial charge in [0.15, 0.2) is 0 Å². The van der Waals surface area contributed by atoms with Gasteiger partial charge in [0.2, 0.25) is 0 Å². The fraction of sp³-hybridized carbons (Fsp3) is 0.250. The summed E-state index contributed by atoms with van der Waals surface area (Å²) < 4.78 is 5.47. The second kappa shape index (κ2) is 4.26. The first-order chi connectivity index (χ1) is 7.70. The van der Waals surface area contributed by atoms with Crippen LogP contribution in [0.1, 0.15) is 23.8 Å². The highest BCUT2D eigenvalue weighted by Gasteiger charge is 2.07. The Balaban J connectivity index is 2.34. The third-order valence-corrected chi connectivity index (χ3v) is 2.30. The molecule has 0 atom stereocenters. The standard InChI is InChI=1S/C12H13NO3/c1-2-5-16-9-3-4-10-8(6-9)7-11(13-10)12(14)15/h3-4,6-7,13H,2,5H2,1H3,(H,14,15). The fourth-order valence-electron chi connectivity index (χ4n) is 1.54. The maximum absolute atomic E-state index is 10.8. The first-order valence-corrected chi connectivity index (χ1v) is 5.19. The molecule has 4 nitrogen and oxygen atoms in total. The highest BCUT2D eigenvalue weighted by atomic mass is 16.5. The highest BCUT2D eigenvalue weighted by Crippen LogP contribution is 2.21. The van der Waals surface area contributed by atoms with Crippen LogP contribution in [0.4, 0.5) is 0 Å². The van der Waals surface area contributed by atoms with E-state index < -0.39 is 5.97 Å². The summed E-state index contributed by atoms with van der Waals surface area (Å²) in [6, 6.07) is 7.11. The average molecular weight is 219 g/mol. The molecule has 4 heteroatoms. The molecule has 0 fully saturated rings. The summed E-state index contributed by atoms with van der Waals surface area (Å²) in [7, 11) is 0. The third kappa shape index (κ3) is 2.00. The summed E-state index contributed by atoms with van der Waals surface area (Å²) >= 11 is 0. The van der Waals surface area contributed by atoms with Crippen LogP contribution in [0.25, 0.3) is 10.9 Å². The molecule has 0 saturated heterocycles. The normalized spacial score (nSPS) is 10.6. The quantitative estimate of drug-likeness (QED) is 0.830. The molecule has 0 saturated carbocycles. The molecule has 1 aromatic heterocycles. The van der Waals surface area contributed by atoms with Crippen molar-refractivity contribution in [2.24, 2.45) is 0 Å². The minimum absolute atomic E-state index is 0.197. The van der Waals surface area contributed by atoms with E-state index in [9.17, 15) is 4.79 Å². The van der Waals surface area contributed by atoms with Crippen LogP contribution in [-0.4, -0.2) is 22.7 Å². The SMILES string of the molecule is CCCOc1ccc2[nH]c(C(=O)O)cc2c1. The number of aromatic nitrogens is 1. The van der Waals surface area contributed by atoms with Crippen molar-refractivity contribution in [3.63, 3.8) is 0 Å². The molecule has 2 rings (SSSR count). The Morgan fingerprint density at radius 1 is 1.44 bits per heavy atom. The summed E-state index contributed by atoms with van der Waals surface area (Å²) in [6.45, 7) is 2.71.